The van der Waals surface area contributed by atoms with Crippen LogP contribution in [-0.2, 0) is 4.79 Å². The van der Waals surface area contributed by atoms with E-state index < -0.39 is 0 Å². The molecule has 2 N–H and O–H groups in total. The zero-order chi connectivity index (χ0) is 13.3. The average Bonchev–Trinajstić information content (AvgIpc) is 3.14. The fraction of sp³-hybridized carbons (Fsp3) is 0.467. The summed E-state index contributed by atoms with van der Waals surface area (Å²) in [4.78, 5) is 12.2. The zero-order valence-electron chi connectivity index (χ0n) is 10.8. The summed E-state index contributed by atoms with van der Waals surface area (Å²) in [5.41, 5.74) is 1.65. The van der Waals surface area contributed by atoms with Gasteiger partial charge < -0.3 is 10.6 Å². The standard InChI is InChI=1S/C15H17N3O/c16-10-11-1-3-12(4-2-11)18-14(19)13-9-15(13)5-7-17-8-6-15/h1-4,13,17H,5-9H2,(H,18,19). The number of nitrogens with one attached hydrogen (secondary N) is 2. The quantitative estimate of drug-likeness (QED) is 0.848. The van der Waals surface area contributed by atoms with Gasteiger partial charge in [-0.3, -0.25) is 4.79 Å². The van der Waals surface area contributed by atoms with E-state index in [1.165, 1.54) is 0 Å². The molecule has 1 saturated heterocycles. The Hall–Kier alpha value is -1.86. The zero-order valence-corrected chi connectivity index (χ0v) is 10.8. The van der Waals surface area contributed by atoms with Gasteiger partial charge in [0.25, 0.3) is 0 Å². The number of benzene rings is 1. The van der Waals surface area contributed by atoms with E-state index in [-0.39, 0.29) is 17.2 Å². The Morgan fingerprint density at radius 1 is 1.32 bits per heavy atom. The van der Waals surface area contributed by atoms with E-state index in [1.807, 2.05) is 0 Å². The molecule has 19 heavy (non-hydrogen) atoms. The molecule has 1 atom stereocenters. The minimum absolute atomic E-state index is 0.131. The molecule has 4 heteroatoms. The summed E-state index contributed by atoms with van der Waals surface area (Å²) in [6, 6.07) is 9.09. The molecule has 1 aromatic rings. The highest BCUT2D eigenvalue weighted by atomic mass is 16.2. The van der Waals surface area contributed by atoms with Gasteiger partial charge in [0.05, 0.1) is 11.6 Å². The Morgan fingerprint density at radius 2 is 2.00 bits per heavy atom. The van der Waals surface area contributed by atoms with E-state index in [4.69, 9.17) is 5.26 Å². The number of nitriles is 1. The van der Waals surface area contributed by atoms with Crippen LogP contribution in [0.4, 0.5) is 5.69 Å². The molecular weight excluding hydrogens is 238 g/mol. The van der Waals surface area contributed by atoms with Crippen LogP contribution in [0, 0.1) is 22.7 Å². The van der Waals surface area contributed by atoms with Crippen LogP contribution in [0.1, 0.15) is 24.8 Å². The van der Waals surface area contributed by atoms with Crippen LogP contribution in [0.2, 0.25) is 0 Å². The predicted molar refractivity (Wildman–Crippen MR) is 72.4 cm³/mol. The molecule has 1 spiro atoms. The maximum Gasteiger partial charge on any atom is 0.228 e. The number of carbonyl (C=O) groups excluding carboxylic acids is 1. The van der Waals surface area contributed by atoms with Crippen molar-refractivity contribution < 1.29 is 4.79 Å². The van der Waals surface area contributed by atoms with Crippen molar-refractivity contribution in [2.75, 3.05) is 18.4 Å². The lowest BCUT2D eigenvalue weighted by atomic mass is 9.92. The molecule has 1 amide bonds. The van der Waals surface area contributed by atoms with Crippen LogP contribution >= 0.6 is 0 Å². The van der Waals surface area contributed by atoms with Crippen molar-refractivity contribution in [3.8, 4) is 6.07 Å². The van der Waals surface area contributed by atoms with Crippen molar-refractivity contribution >= 4 is 11.6 Å². The number of piperidine rings is 1. The van der Waals surface area contributed by atoms with Crippen molar-refractivity contribution in [1.82, 2.24) is 5.32 Å². The fourth-order valence-corrected chi connectivity index (χ4v) is 3.05. The third-order valence-corrected chi connectivity index (χ3v) is 4.39. The molecule has 0 bridgehead atoms. The van der Waals surface area contributed by atoms with Gasteiger partial charge in [0.1, 0.15) is 0 Å². The average molecular weight is 255 g/mol. The van der Waals surface area contributed by atoms with Crippen LogP contribution in [0.25, 0.3) is 0 Å². The second-order valence-electron chi connectivity index (χ2n) is 5.55. The van der Waals surface area contributed by atoms with Gasteiger partial charge >= 0.3 is 0 Å². The van der Waals surface area contributed by atoms with Gasteiger partial charge in [-0.2, -0.15) is 5.26 Å². The highest BCUT2D eigenvalue weighted by Gasteiger charge is 2.57. The summed E-state index contributed by atoms with van der Waals surface area (Å²) in [6.45, 7) is 2.06. The summed E-state index contributed by atoms with van der Waals surface area (Å²) >= 11 is 0. The van der Waals surface area contributed by atoms with E-state index in [1.54, 1.807) is 24.3 Å². The molecule has 2 aliphatic rings. The van der Waals surface area contributed by atoms with Gasteiger partial charge in [-0.1, -0.05) is 0 Å². The summed E-state index contributed by atoms with van der Waals surface area (Å²) in [6.07, 6.45) is 3.24. The first-order valence-electron chi connectivity index (χ1n) is 6.75. The van der Waals surface area contributed by atoms with E-state index in [0.717, 1.165) is 38.0 Å². The number of amides is 1. The van der Waals surface area contributed by atoms with Gasteiger partial charge in [-0.15, -0.1) is 0 Å². The molecule has 98 valence electrons. The first kappa shape index (κ1) is 12.2. The number of rotatable bonds is 2. The topological polar surface area (TPSA) is 64.9 Å². The van der Waals surface area contributed by atoms with Gasteiger partial charge in [-0.05, 0) is 62.0 Å². The largest absolute Gasteiger partial charge is 0.326 e. The lowest BCUT2D eigenvalue weighted by Gasteiger charge is -2.23. The van der Waals surface area contributed by atoms with Crippen LogP contribution < -0.4 is 10.6 Å². The first-order chi connectivity index (χ1) is 9.23. The minimum Gasteiger partial charge on any atom is -0.326 e. The molecule has 4 nitrogen and oxygen atoms in total. The number of nitrogens with zero attached hydrogens (tertiary/aromatic N) is 1. The van der Waals surface area contributed by atoms with E-state index >= 15 is 0 Å². The number of hydrogen-bond acceptors (Lipinski definition) is 3. The molecule has 1 unspecified atom stereocenters. The molecule has 2 fully saturated rings. The molecule has 1 aliphatic heterocycles. The normalized spacial score (nSPS) is 23.6. The number of anilines is 1. The molecule has 1 aromatic carbocycles. The van der Waals surface area contributed by atoms with Crippen LogP contribution in [0.5, 0.6) is 0 Å². The molecule has 0 radical (unpaired) electrons. The van der Waals surface area contributed by atoms with Crippen LogP contribution in [0.15, 0.2) is 24.3 Å². The predicted octanol–water partition coefficient (Wildman–Crippen LogP) is 1.89. The third-order valence-electron chi connectivity index (χ3n) is 4.39. The molecule has 1 saturated carbocycles. The number of carbonyl (C=O) groups is 1. The number of hydrogen-bond donors (Lipinski definition) is 2. The van der Waals surface area contributed by atoms with Gasteiger partial charge in [0, 0.05) is 11.6 Å². The SMILES string of the molecule is N#Cc1ccc(NC(=O)C2CC23CCNCC3)cc1. The monoisotopic (exact) mass is 255 g/mol. The van der Waals surface area contributed by atoms with Gasteiger partial charge in [-0.25, -0.2) is 0 Å². The molecule has 0 aromatic heterocycles. The van der Waals surface area contributed by atoms with Crippen LogP contribution in [-0.4, -0.2) is 19.0 Å². The molecule has 3 rings (SSSR count). The maximum atomic E-state index is 12.2. The Labute approximate surface area is 112 Å². The maximum absolute atomic E-state index is 12.2. The fourth-order valence-electron chi connectivity index (χ4n) is 3.05. The second kappa shape index (κ2) is 4.67. The lowest BCUT2D eigenvalue weighted by molar-refractivity contribution is -0.118. The Morgan fingerprint density at radius 3 is 2.63 bits per heavy atom. The Balaban J connectivity index is 1.61. The Bertz CT molecular complexity index is 523. The van der Waals surface area contributed by atoms with Crippen molar-refractivity contribution in [2.24, 2.45) is 11.3 Å². The highest BCUT2D eigenvalue weighted by molar-refractivity contribution is 5.95. The van der Waals surface area contributed by atoms with E-state index in [0.29, 0.717) is 5.56 Å². The van der Waals surface area contributed by atoms with Gasteiger partial charge in [0.2, 0.25) is 5.91 Å². The smallest absolute Gasteiger partial charge is 0.228 e. The third kappa shape index (κ3) is 2.34. The second-order valence-corrected chi connectivity index (χ2v) is 5.55. The van der Waals surface area contributed by atoms with Crippen molar-refractivity contribution in [3.05, 3.63) is 29.8 Å². The van der Waals surface area contributed by atoms with Gasteiger partial charge in [0.15, 0.2) is 0 Å². The summed E-state index contributed by atoms with van der Waals surface area (Å²) in [5.74, 6) is 0.303. The lowest BCUT2D eigenvalue weighted by Crippen LogP contribution is -2.31. The Kier molecular flexibility index (Phi) is 3.00. The van der Waals surface area contributed by atoms with E-state index in [9.17, 15) is 4.79 Å². The summed E-state index contributed by atoms with van der Waals surface area (Å²) in [7, 11) is 0. The highest BCUT2D eigenvalue weighted by Crippen LogP contribution is 2.58. The molecular formula is C15H17N3O. The summed E-state index contributed by atoms with van der Waals surface area (Å²) in [5, 5.41) is 15.0. The molecule has 1 heterocycles. The van der Waals surface area contributed by atoms with Crippen molar-refractivity contribution in [1.29, 1.82) is 5.26 Å². The van der Waals surface area contributed by atoms with E-state index in [2.05, 4.69) is 16.7 Å². The van der Waals surface area contributed by atoms with Crippen LogP contribution in [0.3, 0.4) is 0 Å². The van der Waals surface area contributed by atoms with Crippen molar-refractivity contribution in [2.45, 2.75) is 19.3 Å². The summed E-state index contributed by atoms with van der Waals surface area (Å²) < 4.78 is 0. The first-order valence-corrected chi connectivity index (χ1v) is 6.75. The molecule has 1 aliphatic carbocycles. The van der Waals surface area contributed by atoms with Crippen molar-refractivity contribution in [3.63, 3.8) is 0 Å². The minimum atomic E-state index is 0.131.